The minimum atomic E-state index is -0.260. The van der Waals surface area contributed by atoms with Crippen molar-refractivity contribution in [3.8, 4) is 32.5 Å². The van der Waals surface area contributed by atoms with Gasteiger partial charge in [0.05, 0.1) is 15.4 Å². The van der Waals surface area contributed by atoms with Gasteiger partial charge in [0.15, 0.2) is 0 Å². The summed E-state index contributed by atoms with van der Waals surface area (Å²) in [6, 6.07) is 14.6. The number of hydrogen-bond donors (Lipinski definition) is 1. The van der Waals surface area contributed by atoms with Crippen LogP contribution in [0.2, 0.25) is 0 Å². The highest BCUT2D eigenvalue weighted by Crippen LogP contribution is 2.36. The van der Waals surface area contributed by atoms with Crippen LogP contribution in [0.3, 0.4) is 0 Å². The van der Waals surface area contributed by atoms with E-state index in [1.807, 2.05) is 35.0 Å². The van der Waals surface area contributed by atoms with Gasteiger partial charge in [-0.15, -0.1) is 22.7 Å². The average molecular weight is 326 g/mol. The Morgan fingerprint density at radius 3 is 2.36 bits per heavy atom. The predicted molar refractivity (Wildman–Crippen MR) is 90.6 cm³/mol. The van der Waals surface area contributed by atoms with Gasteiger partial charge in [0.1, 0.15) is 17.3 Å². The van der Waals surface area contributed by atoms with E-state index >= 15 is 0 Å². The standard InChI is InChI=1S/C17H11FN2S2/c18-12-5-1-4-11(10-12)17-19-15(13-6-2-8-21-13)16(20-17)14-7-3-9-22-14/h1-10H,(H,19,20). The molecule has 4 aromatic rings. The SMILES string of the molecule is Fc1cccc(-c2nc(-c3cccs3)c(-c3cccs3)[nH]2)c1. The minimum Gasteiger partial charge on any atom is -0.337 e. The first-order valence-electron chi connectivity index (χ1n) is 6.75. The smallest absolute Gasteiger partial charge is 0.138 e. The molecule has 3 aromatic heterocycles. The summed E-state index contributed by atoms with van der Waals surface area (Å²) in [4.78, 5) is 10.3. The number of rotatable bonds is 3. The Morgan fingerprint density at radius 2 is 1.68 bits per heavy atom. The second-order valence-corrected chi connectivity index (χ2v) is 6.67. The Hall–Kier alpha value is -2.24. The molecule has 5 heteroatoms. The normalized spacial score (nSPS) is 11.0. The lowest BCUT2D eigenvalue weighted by atomic mass is 10.2. The van der Waals surface area contributed by atoms with Crippen molar-refractivity contribution in [2.45, 2.75) is 0 Å². The third-order valence-corrected chi connectivity index (χ3v) is 5.09. The second-order valence-electron chi connectivity index (χ2n) is 4.77. The summed E-state index contributed by atoms with van der Waals surface area (Å²) in [6.45, 7) is 0. The monoisotopic (exact) mass is 326 g/mol. The number of imidazole rings is 1. The molecule has 108 valence electrons. The molecule has 0 saturated heterocycles. The van der Waals surface area contributed by atoms with Crippen molar-refractivity contribution in [1.82, 2.24) is 9.97 Å². The Kier molecular flexibility index (Phi) is 3.36. The second kappa shape index (κ2) is 5.51. The number of H-pyrrole nitrogens is 1. The molecule has 1 aromatic carbocycles. The molecule has 0 bridgehead atoms. The maximum atomic E-state index is 13.5. The highest BCUT2D eigenvalue weighted by atomic mass is 32.1. The number of nitrogens with one attached hydrogen (secondary N) is 1. The number of thiophene rings is 2. The number of aromatic nitrogens is 2. The molecule has 0 spiro atoms. The summed E-state index contributed by atoms with van der Waals surface area (Å²) in [5.74, 6) is 0.426. The van der Waals surface area contributed by atoms with E-state index in [9.17, 15) is 4.39 Å². The number of nitrogens with zero attached hydrogens (tertiary/aromatic N) is 1. The molecule has 0 aliphatic rings. The molecule has 22 heavy (non-hydrogen) atoms. The van der Waals surface area contributed by atoms with Crippen LogP contribution in [0.15, 0.2) is 59.3 Å². The van der Waals surface area contributed by atoms with Crippen molar-refractivity contribution in [3.05, 3.63) is 65.1 Å². The maximum absolute atomic E-state index is 13.5. The van der Waals surface area contributed by atoms with Gasteiger partial charge in [-0.3, -0.25) is 0 Å². The van der Waals surface area contributed by atoms with Gasteiger partial charge >= 0.3 is 0 Å². The summed E-state index contributed by atoms with van der Waals surface area (Å²) in [5.41, 5.74) is 2.65. The van der Waals surface area contributed by atoms with Crippen molar-refractivity contribution in [2.24, 2.45) is 0 Å². The topological polar surface area (TPSA) is 28.7 Å². The molecular formula is C17H11FN2S2. The Labute approximate surface area is 134 Å². The van der Waals surface area contributed by atoms with Gasteiger partial charge in [0, 0.05) is 5.56 Å². The van der Waals surface area contributed by atoms with Gasteiger partial charge in [-0.1, -0.05) is 24.3 Å². The van der Waals surface area contributed by atoms with Crippen LogP contribution >= 0.6 is 22.7 Å². The van der Waals surface area contributed by atoms with Crippen LogP contribution in [0.4, 0.5) is 4.39 Å². The highest BCUT2D eigenvalue weighted by molar-refractivity contribution is 7.14. The largest absolute Gasteiger partial charge is 0.337 e. The van der Waals surface area contributed by atoms with Gasteiger partial charge in [-0.05, 0) is 35.0 Å². The van der Waals surface area contributed by atoms with E-state index in [1.165, 1.54) is 12.1 Å². The van der Waals surface area contributed by atoms with E-state index in [-0.39, 0.29) is 5.82 Å². The summed E-state index contributed by atoms with van der Waals surface area (Å²) in [5, 5.41) is 4.07. The molecule has 0 saturated carbocycles. The summed E-state index contributed by atoms with van der Waals surface area (Å²) in [6.07, 6.45) is 0. The molecule has 0 amide bonds. The maximum Gasteiger partial charge on any atom is 0.138 e. The molecule has 1 N–H and O–H groups in total. The Morgan fingerprint density at radius 1 is 0.909 bits per heavy atom. The van der Waals surface area contributed by atoms with Crippen molar-refractivity contribution in [3.63, 3.8) is 0 Å². The minimum absolute atomic E-state index is 0.260. The van der Waals surface area contributed by atoms with E-state index in [4.69, 9.17) is 4.98 Å². The first kappa shape index (κ1) is 13.4. The molecule has 0 unspecified atom stereocenters. The average Bonchev–Trinajstić information content (AvgIpc) is 3.27. The van der Waals surface area contributed by atoms with Crippen molar-refractivity contribution < 1.29 is 4.39 Å². The fraction of sp³-hybridized carbons (Fsp3) is 0. The van der Waals surface area contributed by atoms with Gasteiger partial charge in [0.2, 0.25) is 0 Å². The number of aromatic amines is 1. The lowest BCUT2D eigenvalue weighted by Gasteiger charge is -1.96. The predicted octanol–water partition coefficient (Wildman–Crippen LogP) is 5.67. The number of hydrogen-bond acceptors (Lipinski definition) is 3. The van der Waals surface area contributed by atoms with Gasteiger partial charge in [-0.25, -0.2) is 9.37 Å². The first-order valence-corrected chi connectivity index (χ1v) is 8.51. The van der Waals surface area contributed by atoms with Gasteiger partial charge in [-0.2, -0.15) is 0 Å². The molecular weight excluding hydrogens is 315 g/mol. The molecule has 0 atom stereocenters. The molecule has 0 radical (unpaired) electrons. The van der Waals surface area contributed by atoms with E-state index in [0.29, 0.717) is 5.82 Å². The van der Waals surface area contributed by atoms with Crippen LogP contribution in [0.5, 0.6) is 0 Å². The van der Waals surface area contributed by atoms with Crippen LogP contribution in [-0.4, -0.2) is 9.97 Å². The van der Waals surface area contributed by atoms with Crippen LogP contribution in [0, 0.1) is 5.82 Å². The molecule has 0 aliphatic heterocycles. The third kappa shape index (κ3) is 2.38. The Bertz CT molecular complexity index is 841. The Balaban J connectivity index is 1.90. The fourth-order valence-corrected chi connectivity index (χ4v) is 3.78. The third-order valence-electron chi connectivity index (χ3n) is 3.32. The quantitative estimate of drug-likeness (QED) is 0.516. The fourth-order valence-electron chi connectivity index (χ4n) is 2.34. The van der Waals surface area contributed by atoms with Crippen molar-refractivity contribution in [2.75, 3.05) is 0 Å². The van der Waals surface area contributed by atoms with Crippen molar-refractivity contribution >= 4 is 22.7 Å². The lowest BCUT2D eigenvalue weighted by molar-refractivity contribution is 0.628. The summed E-state index contributed by atoms with van der Waals surface area (Å²) >= 11 is 3.31. The zero-order valence-corrected chi connectivity index (χ0v) is 13.0. The molecule has 4 rings (SSSR count). The molecule has 0 fully saturated rings. The van der Waals surface area contributed by atoms with E-state index in [2.05, 4.69) is 11.1 Å². The summed E-state index contributed by atoms with van der Waals surface area (Å²) in [7, 11) is 0. The van der Waals surface area contributed by atoms with Crippen LogP contribution < -0.4 is 0 Å². The molecule has 2 nitrogen and oxygen atoms in total. The van der Waals surface area contributed by atoms with Gasteiger partial charge in [0.25, 0.3) is 0 Å². The van der Waals surface area contributed by atoms with Crippen LogP contribution in [0.25, 0.3) is 32.5 Å². The van der Waals surface area contributed by atoms with Crippen LogP contribution in [0.1, 0.15) is 0 Å². The van der Waals surface area contributed by atoms with E-state index < -0.39 is 0 Å². The lowest BCUT2D eigenvalue weighted by Crippen LogP contribution is -1.82. The van der Waals surface area contributed by atoms with Crippen molar-refractivity contribution in [1.29, 1.82) is 0 Å². The molecule has 3 heterocycles. The van der Waals surface area contributed by atoms with Gasteiger partial charge < -0.3 is 4.98 Å². The van der Waals surface area contributed by atoms with E-state index in [0.717, 1.165) is 26.7 Å². The summed E-state index contributed by atoms with van der Waals surface area (Å²) < 4.78 is 13.5. The number of benzene rings is 1. The first-order chi connectivity index (χ1) is 10.8. The van der Waals surface area contributed by atoms with E-state index in [1.54, 1.807) is 28.7 Å². The molecule has 0 aliphatic carbocycles. The zero-order valence-electron chi connectivity index (χ0n) is 11.4. The highest BCUT2D eigenvalue weighted by Gasteiger charge is 2.16. The van der Waals surface area contributed by atoms with Crippen LogP contribution in [-0.2, 0) is 0 Å². The zero-order chi connectivity index (χ0) is 14.9. The number of halogens is 1.